The van der Waals surface area contributed by atoms with Crippen molar-refractivity contribution in [3.8, 4) is 0 Å². The van der Waals surface area contributed by atoms with Crippen LogP contribution in [0.4, 0.5) is 0 Å². The monoisotopic (exact) mass is 238 g/mol. The molecular formula is C12H22N4O. The Balaban J connectivity index is 2.26. The van der Waals surface area contributed by atoms with Crippen molar-refractivity contribution in [1.29, 1.82) is 0 Å². The Morgan fingerprint density at radius 3 is 3.06 bits per heavy atom. The van der Waals surface area contributed by atoms with Crippen LogP contribution >= 0.6 is 0 Å². The van der Waals surface area contributed by atoms with Gasteiger partial charge >= 0.3 is 0 Å². The van der Waals surface area contributed by atoms with Crippen LogP contribution in [0, 0.1) is 0 Å². The van der Waals surface area contributed by atoms with Crippen LogP contribution in [0.15, 0.2) is 12.3 Å². The molecule has 0 bridgehead atoms. The average Bonchev–Trinajstić information content (AvgIpc) is 2.79. The lowest BCUT2D eigenvalue weighted by atomic mass is 9.86. The van der Waals surface area contributed by atoms with Gasteiger partial charge in [0.15, 0.2) is 0 Å². The second-order valence-corrected chi connectivity index (χ2v) is 4.79. The van der Waals surface area contributed by atoms with Crippen molar-refractivity contribution in [2.75, 3.05) is 6.61 Å². The third-order valence-electron chi connectivity index (χ3n) is 3.62. The topological polar surface area (TPSA) is 65.1 Å². The second-order valence-electron chi connectivity index (χ2n) is 4.79. The van der Waals surface area contributed by atoms with Gasteiger partial charge < -0.3 is 4.74 Å². The number of hydrogen-bond donors (Lipinski definition) is 2. The highest BCUT2D eigenvalue weighted by atomic mass is 16.5. The summed E-state index contributed by atoms with van der Waals surface area (Å²) in [4.78, 5) is 0. The number of ether oxygens (including phenoxy) is 1. The first kappa shape index (κ1) is 12.5. The number of aryl methyl sites for hydroxylation is 1. The third-order valence-corrected chi connectivity index (χ3v) is 3.62. The molecule has 96 valence electrons. The van der Waals surface area contributed by atoms with Gasteiger partial charge in [-0.3, -0.25) is 10.5 Å². The molecule has 0 radical (unpaired) electrons. The van der Waals surface area contributed by atoms with Crippen LogP contribution < -0.4 is 11.3 Å². The van der Waals surface area contributed by atoms with Crippen LogP contribution in [0.25, 0.3) is 0 Å². The van der Waals surface area contributed by atoms with Crippen molar-refractivity contribution in [2.45, 2.75) is 51.3 Å². The van der Waals surface area contributed by atoms with E-state index in [9.17, 15) is 0 Å². The Morgan fingerprint density at radius 2 is 2.47 bits per heavy atom. The molecule has 0 amide bonds. The van der Waals surface area contributed by atoms with Gasteiger partial charge in [0.1, 0.15) is 0 Å². The van der Waals surface area contributed by atoms with E-state index in [2.05, 4.69) is 24.4 Å². The first-order valence-electron chi connectivity index (χ1n) is 6.33. The molecule has 1 aliphatic heterocycles. The van der Waals surface area contributed by atoms with Crippen LogP contribution in [-0.2, 0) is 11.3 Å². The Kier molecular flexibility index (Phi) is 3.81. The quantitative estimate of drug-likeness (QED) is 0.614. The van der Waals surface area contributed by atoms with Gasteiger partial charge in [0.25, 0.3) is 0 Å². The second kappa shape index (κ2) is 5.16. The van der Waals surface area contributed by atoms with Crippen molar-refractivity contribution in [1.82, 2.24) is 15.2 Å². The fraction of sp³-hybridized carbons (Fsp3) is 0.750. The normalized spacial score (nSPS) is 27.0. The highest BCUT2D eigenvalue weighted by Crippen LogP contribution is 2.35. The highest BCUT2D eigenvalue weighted by Gasteiger charge is 2.38. The van der Waals surface area contributed by atoms with Gasteiger partial charge in [-0.2, -0.15) is 5.10 Å². The van der Waals surface area contributed by atoms with Gasteiger partial charge in [0, 0.05) is 19.3 Å². The molecule has 5 nitrogen and oxygen atoms in total. The van der Waals surface area contributed by atoms with Crippen LogP contribution in [0.1, 0.15) is 44.8 Å². The predicted molar refractivity (Wildman–Crippen MR) is 66.2 cm³/mol. The summed E-state index contributed by atoms with van der Waals surface area (Å²) in [5, 5.41) is 4.30. The number of nitrogens with zero attached hydrogens (tertiary/aromatic N) is 2. The van der Waals surface area contributed by atoms with Gasteiger partial charge in [-0.1, -0.05) is 0 Å². The van der Waals surface area contributed by atoms with E-state index >= 15 is 0 Å². The lowest BCUT2D eigenvalue weighted by molar-refractivity contribution is -0.0914. The lowest BCUT2D eigenvalue weighted by Crippen LogP contribution is -2.49. The molecule has 3 N–H and O–H groups in total. The Morgan fingerprint density at radius 1 is 1.65 bits per heavy atom. The first-order valence-corrected chi connectivity index (χ1v) is 6.33. The molecule has 2 atom stereocenters. The minimum Gasteiger partial charge on any atom is -0.373 e. The maximum Gasteiger partial charge on any atom is 0.0915 e. The van der Waals surface area contributed by atoms with E-state index in [1.165, 1.54) is 6.42 Å². The SMILES string of the molecule is CCn1nccc1C(NN)C1(C)CCCCO1. The van der Waals surface area contributed by atoms with Gasteiger partial charge in [-0.15, -0.1) is 0 Å². The highest BCUT2D eigenvalue weighted by molar-refractivity contribution is 5.13. The molecular weight excluding hydrogens is 216 g/mol. The number of hydrogen-bond acceptors (Lipinski definition) is 4. The number of rotatable bonds is 4. The Hall–Kier alpha value is -0.910. The van der Waals surface area contributed by atoms with Gasteiger partial charge in [-0.25, -0.2) is 5.43 Å². The van der Waals surface area contributed by atoms with Crippen LogP contribution in [-0.4, -0.2) is 22.0 Å². The fourth-order valence-corrected chi connectivity index (χ4v) is 2.61. The molecule has 0 aliphatic carbocycles. The van der Waals surface area contributed by atoms with Crippen molar-refractivity contribution < 1.29 is 4.74 Å². The van der Waals surface area contributed by atoms with Crippen LogP contribution in [0.5, 0.6) is 0 Å². The summed E-state index contributed by atoms with van der Waals surface area (Å²) in [6.45, 7) is 5.86. The van der Waals surface area contributed by atoms with E-state index in [0.717, 1.165) is 31.7 Å². The standard InChI is InChI=1S/C12H22N4O/c1-3-16-10(6-8-14-16)11(15-13)12(2)7-4-5-9-17-12/h6,8,11,15H,3-5,7,9,13H2,1-2H3. The summed E-state index contributed by atoms with van der Waals surface area (Å²) in [6, 6.07) is 2.00. The minimum absolute atomic E-state index is 0.00903. The average molecular weight is 238 g/mol. The van der Waals surface area contributed by atoms with Gasteiger partial charge in [0.05, 0.1) is 17.3 Å². The summed E-state index contributed by atoms with van der Waals surface area (Å²) in [7, 11) is 0. The molecule has 1 aromatic rings. The van der Waals surface area contributed by atoms with Crippen molar-refractivity contribution in [3.05, 3.63) is 18.0 Å². The molecule has 5 heteroatoms. The smallest absolute Gasteiger partial charge is 0.0915 e. The number of hydrazine groups is 1. The molecule has 1 aromatic heterocycles. The molecule has 1 fully saturated rings. The summed E-state index contributed by atoms with van der Waals surface area (Å²) in [5.74, 6) is 5.73. The summed E-state index contributed by atoms with van der Waals surface area (Å²) >= 11 is 0. The first-order chi connectivity index (χ1) is 8.21. The number of nitrogens with one attached hydrogen (secondary N) is 1. The molecule has 0 saturated carbocycles. The number of aromatic nitrogens is 2. The maximum atomic E-state index is 5.96. The zero-order valence-electron chi connectivity index (χ0n) is 10.6. The molecule has 2 unspecified atom stereocenters. The van der Waals surface area contributed by atoms with Crippen molar-refractivity contribution in [3.63, 3.8) is 0 Å². The summed E-state index contributed by atoms with van der Waals surface area (Å²) in [6.07, 6.45) is 5.17. The summed E-state index contributed by atoms with van der Waals surface area (Å²) in [5.41, 5.74) is 3.76. The van der Waals surface area contributed by atoms with Gasteiger partial charge in [-0.05, 0) is 39.2 Å². The lowest BCUT2D eigenvalue weighted by Gasteiger charge is -2.40. The maximum absolute atomic E-state index is 5.96. The zero-order valence-corrected chi connectivity index (χ0v) is 10.6. The number of nitrogens with two attached hydrogens (primary N) is 1. The van der Waals surface area contributed by atoms with Crippen LogP contribution in [0.2, 0.25) is 0 Å². The third kappa shape index (κ3) is 2.36. The van der Waals surface area contributed by atoms with E-state index in [0.29, 0.717) is 0 Å². The van der Waals surface area contributed by atoms with E-state index in [-0.39, 0.29) is 11.6 Å². The molecule has 1 aliphatic rings. The van der Waals surface area contributed by atoms with E-state index < -0.39 is 0 Å². The van der Waals surface area contributed by atoms with Gasteiger partial charge in [0.2, 0.25) is 0 Å². The Bertz CT molecular complexity index is 357. The molecule has 2 heterocycles. The minimum atomic E-state index is -0.236. The van der Waals surface area contributed by atoms with Crippen molar-refractivity contribution >= 4 is 0 Å². The zero-order chi connectivity index (χ0) is 12.3. The molecule has 2 rings (SSSR count). The van der Waals surface area contributed by atoms with E-state index in [1.54, 1.807) is 0 Å². The predicted octanol–water partition coefficient (Wildman–Crippen LogP) is 1.37. The van der Waals surface area contributed by atoms with Crippen molar-refractivity contribution in [2.24, 2.45) is 5.84 Å². The summed E-state index contributed by atoms with van der Waals surface area (Å²) < 4.78 is 7.92. The molecule has 17 heavy (non-hydrogen) atoms. The van der Waals surface area contributed by atoms with E-state index in [4.69, 9.17) is 10.6 Å². The fourth-order valence-electron chi connectivity index (χ4n) is 2.61. The van der Waals surface area contributed by atoms with E-state index in [1.807, 2.05) is 16.9 Å². The molecule has 0 aromatic carbocycles. The molecule has 1 saturated heterocycles. The molecule has 0 spiro atoms. The Labute approximate surface area is 102 Å². The van der Waals surface area contributed by atoms with Crippen LogP contribution in [0.3, 0.4) is 0 Å². The largest absolute Gasteiger partial charge is 0.373 e.